The van der Waals surface area contributed by atoms with Crippen molar-refractivity contribution in [2.75, 3.05) is 18.5 Å². The van der Waals surface area contributed by atoms with E-state index in [-0.39, 0.29) is 12.1 Å². The molecular formula is C23H30N2O2. The second-order valence-corrected chi connectivity index (χ2v) is 7.54. The standard InChI is InChI=1S/C23H30N2O2/c1-4-5-15-25-22(24-21-9-7-6-8-20(21)23(25)26)18-10-12-19(13-11-18)27-16-14-17(2)3/h6-13,17,22,24H,4-5,14-16H2,1-3H3. The van der Waals surface area contributed by atoms with Crippen LogP contribution in [0.5, 0.6) is 5.75 Å². The number of hydrogen-bond acceptors (Lipinski definition) is 3. The second-order valence-electron chi connectivity index (χ2n) is 7.54. The van der Waals surface area contributed by atoms with Gasteiger partial charge in [0, 0.05) is 12.2 Å². The minimum Gasteiger partial charge on any atom is -0.494 e. The Morgan fingerprint density at radius 3 is 2.56 bits per heavy atom. The van der Waals surface area contributed by atoms with Crippen molar-refractivity contribution in [3.8, 4) is 5.75 Å². The van der Waals surface area contributed by atoms with Gasteiger partial charge in [0.25, 0.3) is 5.91 Å². The maximum absolute atomic E-state index is 13.0. The maximum atomic E-state index is 13.0. The highest BCUT2D eigenvalue weighted by molar-refractivity contribution is 6.01. The average Bonchev–Trinajstić information content (AvgIpc) is 2.67. The molecule has 3 rings (SSSR count). The minimum absolute atomic E-state index is 0.0973. The van der Waals surface area contributed by atoms with E-state index in [0.717, 1.165) is 55.0 Å². The Hall–Kier alpha value is -2.49. The van der Waals surface area contributed by atoms with Gasteiger partial charge in [0.2, 0.25) is 0 Å². The van der Waals surface area contributed by atoms with E-state index in [1.807, 2.05) is 41.3 Å². The molecule has 0 spiro atoms. The predicted octanol–water partition coefficient (Wildman–Crippen LogP) is 5.48. The van der Waals surface area contributed by atoms with Gasteiger partial charge in [0.05, 0.1) is 12.2 Å². The lowest BCUT2D eigenvalue weighted by molar-refractivity contribution is 0.0680. The van der Waals surface area contributed by atoms with Crippen molar-refractivity contribution in [3.05, 3.63) is 59.7 Å². The average molecular weight is 367 g/mol. The molecule has 0 aromatic heterocycles. The summed E-state index contributed by atoms with van der Waals surface area (Å²) in [6, 6.07) is 15.9. The topological polar surface area (TPSA) is 41.6 Å². The molecular weight excluding hydrogens is 336 g/mol. The van der Waals surface area contributed by atoms with Crippen LogP contribution in [0.3, 0.4) is 0 Å². The first-order chi connectivity index (χ1) is 13.1. The molecule has 0 bridgehead atoms. The van der Waals surface area contributed by atoms with Crippen LogP contribution in [0.25, 0.3) is 0 Å². The van der Waals surface area contributed by atoms with Crippen LogP contribution in [0, 0.1) is 5.92 Å². The van der Waals surface area contributed by atoms with Crippen LogP contribution in [0.4, 0.5) is 5.69 Å². The molecule has 0 saturated heterocycles. The normalized spacial score (nSPS) is 16.2. The molecule has 4 heteroatoms. The number of carbonyl (C=O) groups excluding carboxylic acids is 1. The number of fused-ring (bicyclic) bond motifs is 1. The van der Waals surface area contributed by atoms with E-state index in [1.54, 1.807) is 0 Å². The van der Waals surface area contributed by atoms with Crippen LogP contribution >= 0.6 is 0 Å². The van der Waals surface area contributed by atoms with Crippen molar-refractivity contribution in [2.45, 2.75) is 46.2 Å². The van der Waals surface area contributed by atoms with E-state index in [4.69, 9.17) is 4.74 Å². The van der Waals surface area contributed by atoms with Gasteiger partial charge >= 0.3 is 0 Å². The minimum atomic E-state index is -0.149. The number of para-hydroxylation sites is 1. The third-order valence-corrected chi connectivity index (χ3v) is 4.93. The van der Waals surface area contributed by atoms with E-state index in [1.165, 1.54) is 0 Å². The van der Waals surface area contributed by atoms with E-state index in [2.05, 4.69) is 38.2 Å². The first-order valence-corrected chi connectivity index (χ1v) is 9.99. The van der Waals surface area contributed by atoms with Crippen molar-refractivity contribution >= 4 is 11.6 Å². The summed E-state index contributed by atoms with van der Waals surface area (Å²) in [6.45, 7) is 8.01. The van der Waals surface area contributed by atoms with Crippen LogP contribution in [0.1, 0.15) is 62.1 Å². The molecule has 1 aliphatic rings. The highest BCUT2D eigenvalue weighted by atomic mass is 16.5. The summed E-state index contributed by atoms with van der Waals surface area (Å²) in [5.74, 6) is 1.61. The highest BCUT2D eigenvalue weighted by Crippen LogP contribution is 2.33. The molecule has 4 nitrogen and oxygen atoms in total. The summed E-state index contributed by atoms with van der Waals surface area (Å²) in [5.41, 5.74) is 2.72. The van der Waals surface area contributed by atoms with Gasteiger partial charge < -0.3 is 15.0 Å². The monoisotopic (exact) mass is 366 g/mol. The van der Waals surface area contributed by atoms with Crippen molar-refractivity contribution in [1.82, 2.24) is 4.90 Å². The Morgan fingerprint density at radius 2 is 1.85 bits per heavy atom. The SMILES string of the molecule is CCCCN1C(=O)c2ccccc2NC1c1ccc(OCCC(C)C)cc1. The fourth-order valence-corrected chi connectivity index (χ4v) is 3.27. The molecule has 27 heavy (non-hydrogen) atoms. The van der Waals surface area contributed by atoms with Crippen LogP contribution in [0.15, 0.2) is 48.5 Å². The van der Waals surface area contributed by atoms with Gasteiger partial charge in [-0.15, -0.1) is 0 Å². The Labute approximate surface area is 162 Å². The molecule has 1 amide bonds. The van der Waals surface area contributed by atoms with Gasteiger partial charge in [0.15, 0.2) is 0 Å². The molecule has 0 fully saturated rings. The quantitative estimate of drug-likeness (QED) is 0.673. The summed E-state index contributed by atoms with van der Waals surface area (Å²) < 4.78 is 5.83. The van der Waals surface area contributed by atoms with Crippen LogP contribution in [0.2, 0.25) is 0 Å². The summed E-state index contributed by atoms with van der Waals surface area (Å²) >= 11 is 0. The first kappa shape index (κ1) is 19.3. The summed E-state index contributed by atoms with van der Waals surface area (Å²) in [5, 5.41) is 3.54. The van der Waals surface area contributed by atoms with Gasteiger partial charge in [0.1, 0.15) is 11.9 Å². The molecule has 1 heterocycles. The van der Waals surface area contributed by atoms with Crippen LogP contribution in [-0.2, 0) is 0 Å². The molecule has 1 aliphatic heterocycles. The van der Waals surface area contributed by atoms with Gasteiger partial charge in [-0.05, 0) is 48.6 Å². The van der Waals surface area contributed by atoms with E-state index in [0.29, 0.717) is 5.92 Å². The molecule has 0 radical (unpaired) electrons. The third kappa shape index (κ3) is 4.62. The number of carbonyl (C=O) groups is 1. The predicted molar refractivity (Wildman–Crippen MR) is 110 cm³/mol. The van der Waals surface area contributed by atoms with Gasteiger partial charge in [-0.2, -0.15) is 0 Å². The number of unbranched alkanes of at least 4 members (excludes halogenated alkanes) is 1. The molecule has 2 aromatic rings. The number of amides is 1. The van der Waals surface area contributed by atoms with Gasteiger partial charge in [-0.25, -0.2) is 0 Å². The third-order valence-electron chi connectivity index (χ3n) is 4.93. The zero-order valence-corrected chi connectivity index (χ0v) is 16.6. The fourth-order valence-electron chi connectivity index (χ4n) is 3.27. The summed E-state index contributed by atoms with van der Waals surface area (Å²) in [4.78, 5) is 15.0. The number of nitrogens with one attached hydrogen (secondary N) is 1. The largest absolute Gasteiger partial charge is 0.494 e. The number of rotatable bonds is 8. The fraction of sp³-hybridized carbons (Fsp3) is 0.435. The molecule has 0 aliphatic carbocycles. The van der Waals surface area contributed by atoms with Crippen molar-refractivity contribution < 1.29 is 9.53 Å². The summed E-state index contributed by atoms with van der Waals surface area (Å²) in [6.07, 6.45) is 2.94. The second kappa shape index (κ2) is 8.94. The Morgan fingerprint density at radius 1 is 1.11 bits per heavy atom. The van der Waals surface area contributed by atoms with Crippen LogP contribution < -0.4 is 10.1 Å². The van der Waals surface area contributed by atoms with Gasteiger partial charge in [-0.3, -0.25) is 4.79 Å². The Kier molecular flexibility index (Phi) is 6.38. The van der Waals surface area contributed by atoms with E-state index < -0.39 is 0 Å². The zero-order chi connectivity index (χ0) is 19.2. The molecule has 1 atom stereocenters. The van der Waals surface area contributed by atoms with Crippen molar-refractivity contribution in [2.24, 2.45) is 5.92 Å². The maximum Gasteiger partial charge on any atom is 0.257 e. The lowest BCUT2D eigenvalue weighted by atomic mass is 10.0. The molecule has 2 aromatic carbocycles. The lowest BCUT2D eigenvalue weighted by Crippen LogP contribution is -2.43. The van der Waals surface area contributed by atoms with Crippen LogP contribution in [-0.4, -0.2) is 24.0 Å². The van der Waals surface area contributed by atoms with E-state index >= 15 is 0 Å². The molecule has 1 N–H and O–H groups in total. The first-order valence-electron chi connectivity index (χ1n) is 9.99. The summed E-state index contributed by atoms with van der Waals surface area (Å²) in [7, 11) is 0. The Balaban J connectivity index is 1.79. The Bertz CT molecular complexity index is 755. The molecule has 1 unspecified atom stereocenters. The molecule has 144 valence electrons. The van der Waals surface area contributed by atoms with Gasteiger partial charge in [-0.1, -0.05) is 51.5 Å². The van der Waals surface area contributed by atoms with Crippen molar-refractivity contribution in [1.29, 1.82) is 0 Å². The number of ether oxygens (including phenoxy) is 1. The lowest BCUT2D eigenvalue weighted by Gasteiger charge is -2.38. The highest BCUT2D eigenvalue weighted by Gasteiger charge is 2.32. The number of benzene rings is 2. The number of hydrogen-bond donors (Lipinski definition) is 1. The van der Waals surface area contributed by atoms with E-state index in [9.17, 15) is 4.79 Å². The number of anilines is 1. The zero-order valence-electron chi connectivity index (χ0n) is 16.6. The smallest absolute Gasteiger partial charge is 0.257 e. The molecule has 0 saturated carbocycles. The number of nitrogens with zero attached hydrogens (tertiary/aromatic N) is 1. The van der Waals surface area contributed by atoms with Crippen molar-refractivity contribution in [3.63, 3.8) is 0 Å².